The summed E-state index contributed by atoms with van der Waals surface area (Å²) in [6.07, 6.45) is 5.94. The van der Waals surface area contributed by atoms with Crippen molar-refractivity contribution < 1.29 is 0 Å². The SMILES string of the molecule is C1=Nc2c(ccc3cccnc23)CC1. The molecule has 2 heteroatoms. The summed E-state index contributed by atoms with van der Waals surface area (Å²) in [5, 5.41) is 1.17. The molecule has 0 saturated carbocycles. The van der Waals surface area contributed by atoms with E-state index in [1.165, 1.54) is 10.9 Å². The fraction of sp³-hybridized carbons (Fsp3) is 0.167. The Morgan fingerprint density at radius 2 is 2.14 bits per heavy atom. The van der Waals surface area contributed by atoms with Gasteiger partial charge in [0.05, 0.1) is 11.2 Å². The van der Waals surface area contributed by atoms with Crippen LogP contribution in [0.1, 0.15) is 12.0 Å². The van der Waals surface area contributed by atoms with Crippen molar-refractivity contribution in [3.8, 4) is 0 Å². The molecular formula is C12H10N2. The number of benzene rings is 1. The molecule has 68 valence electrons. The minimum Gasteiger partial charge on any atom is -0.259 e. The third-order valence-electron chi connectivity index (χ3n) is 2.59. The Balaban J connectivity index is 2.42. The minimum absolute atomic E-state index is 1.03. The predicted molar refractivity (Wildman–Crippen MR) is 58.2 cm³/mol. The Kier molecular flexibility index (Phi) is 1.60. The highest BCUT2D eigenvalue weighted by Crippen LogP contribution is 2.30. The van der Waals surface area contributed by atoms with Gasteiger partial charge >= 0.3 is 0 Å². The standard InChI is InChI=1S/C12H10N2/c1-3-9-5-6-10-4-2-8-14-12(10)11(9)13-7-1/h1,3,5-8H,2,4H2. The molecule has 0 aliphatic carbocycles. The Bertz CT molecular complexity index is 515. The number of nitrogens with zero attached hydrogens (tertiary/aromatic N) is 2. The summed E-state index contributed by atoms with van der Waals surface area (Å²) in [6.45, 7) is 0. The zero-order chi connectivity index (χ0) is 9.38. The van der Waals surface area contributed by atoms with Crippen LogP contribution in [0.15, 0.2) is 35.5 Å². The quantitative estimate of drug-likeness (QED) is 0.615. The van der Waals surface area contributed by atoms with Gasteiger partial charge in [-0.2, -0.15) is 0 Å². The van der Waals surface area contributed by atoms with Crippen molar-refractivity contribution in [3.63, 3.8) is 0 Å². The molecule has 1 aromatic carbocycles. The van der Waals surface area contributed by atoms with Crippen molar-refractivity contribution in [2.75, 3.05) is 0 Å². The third kappa shape index (κ3) is 1.04. The average Bonchev–Trinajstić information content (AvgIpc) is 2.29. The largest absolute Gasteiger partial charge is 0.259 e. The lowest BCUT2D eigenvalue weighted by Crippen LogP contribution is -1.94. The molecule has 0 radical (unpaired) electrons. The van der Waals surface area contributed by atoms with Crippen LogP contribution in [-0.2, 0) is 6.42 Å². The van der Waals surface area contributed by atoms with Gasteiger partial charge in [-0.1, -0.05) is 18.2 Å². The number of pyridine rings is 1. The molecule has 0 spiro atoms. The highest BCUT2D eigenvalue weighted by atomic mass is 14.8. The monoisotopic (exact) mass is 182 g/mol. The van der Waals surface area contributed by atoms with Gasteiger partial charge in [0.1, 0.15) is 0 Å². The molecule has 0 N–H and O–H groups in total. The molecule has 0 saturated heterocycles. The molecule has 0 bridgehead atoms. The second-order valence-electron chi connectivity index (χ2n) is 3.50. The van der Waals surface area contributed by atoms with Crippen LogP contribution in [0, 0.1) is 0 Å². The lowest BCUT2D eigenvalue weighted by molar-refractivity contribution is 1.03. The van der Waals surface area contributed by atoms with E-state index >= 15 is 0 Å². The van der Waals surface area contributed by atoms with Gasteiger partial charge in [-0.25, -0.2) is 0 Å². The molecular weight excluding hydrogens is 172 g/mol. The van der Waals surface area contributed by atoms with Crippen molar-refractivity contribution in [1.82, 2.24) is 4.98 Å². The molecule has 14 heavy (non-hydrogen) atoms. The summed E-state index contributed by atoms with van der Waals surface area (Å²) in [7, 11) is 0. The van der Waals surface area contributed by atoms with Gasteiger partial charge in [-0.3, -0.25) is 9.98 Å². The van der Waals surface area contributed by atoms with Crippen LogP contribution in [0.2, 0.25) is 0 Å². The summed E-state index contributed by atoms with van der Waals surface area (Å²) >= 11 is 0. The number of aliphatic imine (C=N–C) groups is 1. The number of rotatable bonds is 0. The number of hydrogen-bond acceptors (Lipinski definition) is 2. The van der Waals surface area contributed by atoms with Crippen molar-refractivity contribution in [2.24, 2.45) is 4.99 Å². The summed E-state index contributed by atoms with van der Waals surface area (Å²) < 4.78 is 0. The van der Waals surface area contributed by atoms with E-state index in [4.69, 9.17) is 0 Å². The summed E-state index contributed by atoms with van der Waals surface area (Å²) in [5.41, 5.74) is 3.41. The molecule has 2 nitrogen and oxygen atoms in total. The van der Waals surface area contributed by atoms with Crippen LogP contribution in [0.25, 0.3) is 10.9 Å². The van der Waals surface area contributed by atoms with Crippen molar-refractivity contribution >= 4 is 22.8 Å². The van der Waals surface area contributed by atoms with Gasteiger partial charge in [0.25, 0.3) is 0 Å². The predicted octanol–water partition coefficient (Wildman–Crippen LogP) is 2.88. The number of fused-ring (bicyclic) bond motifs is 3. The maximum absolute atomic E-state index is 4.43. The van der Waals surface area contributed by atoms with E-state index < -0.39 is 0 Å². The molecule has 1 aliphatic rings. The van der Waals surface area contributed by atoms with Crippen molar-refractivity contribution in [1.29, 1.82) is 0 Å². The molecule has 1 aromatic heterocycles. The van der Waals surface area contributed by atoms with E-state index in [0.29, 0.717) is 0 Å². The first-order valence-corrected chi connectivity index (χ1v) is 4.84. The van der Waals surface area contributed by atoms with Gasteiger partial charge in [0, 0.05) is 17.8 Å². The Morgan fingerprint density at radius 3 is 3.14 bits per heavy atom. The topological polar surface area (TPSA) is 25.2 Å². The number of aromatic nitrogens is 1. The van der Waals surface area contributed by atoms with E-state index in [2.05, 4.69) is 28.2 Å². The number of hydrogen-bond donors (Lipinski definition) is 0. The van der Waals surface area contributed by atoms with Gasteiger partial charge < -0.3 is 0 Å². The lowest BCUT2D eigenvalue weighted by atomic mass is 10.0. The van der Waals surface area contributed by atoms with E-state index in [1.54, 1.807) is 0 Å². The summed E-state index contributed by atoms with van der Waals surface area (Å²) in [6, 6.07) is 8.33. The fourth-order valence-corrected chi connectivity index (χ4v) is 1.89. The fourth-order valence-electron chi connectivity index (χ4n) is 1.89. The van der Waals surface area contributed by atoms with Crippen molar-refractivity contribution in [3.05, 3.63) is 36.0 Å². The highest BCUT2D eigenvalue weighted by molar-refractivity contribution is 5.92. The maximum atomic E-state index is 4.43. The number of aryl methyl sites for hydroxylation is 1. The van der Waals surface area contributed by atoms with Gasteiger partial charge in [0.2, 0.25) is 0 Å². The second-order valence-corrected chi connectivity index (χ2v) is 3.50. The summed E-state index contributed by atoms with van der Waals surface area (Å²) in [4.78, 5) is 8.81. The van der Waals surface area contributed by atoms with Crippen LogP contribution in [0.3, 0.4) is 0 Å². The maximum Gasteiger partial charge on any atom is 0.0961 e. The molecule has 0 atom stereocenters. The molecule has 0 amide bonds. The van der Waals surface area contributed by atoms with Crippen LogP contribution in [0.5, 0.6) is 0 Å². The zero-order valence-electron chi connectivity index (χ0n) is 7.77. The Morgan fingerprint density at radius 1 is 1.14 bits per heavy atom. The smallest absolute Gasteiger partial charge is 0.0961 e. The second kappa shape index (κ2) is 2.91. The lowest BCUT2D eigenvalue weighted by Gasteiger charge is -2.10. The highest BCUT2D eigenvalue weighted by Gasteiger charge is 2.09. The first-order chi connectivity index (χ1) is 6.95. The molecule has 0 fully saturated rings. The molecule has 2 heterocycles. The van der Waals surface area contributed by atoms with E-state index in [9.17, 15) is 0 Å². The Labute approximate surface area is 82.3 Å². The van der Waals surface area contributed by atoms with Crippen molar-refractivity contribution in [2.45, 2.75) is 12.8 Å². The molecule has 0 unspecified atom stereocenters. The van der Waals surface area contributed by atoms with E-state index in [1.807, 2.05) is 18.5 Å². The zero-order valence-corrected chi connectivity index (χ0v) is 7.77. The average molecular weight is 182 g/mol. The summed E-state index contributed by atoms with van der Waals surface area (Å²) in [5.74, 6) is 0. The Hall–Kier alpha value is -1.70. The minimum atomic E-state index is 1.03. The molecule has 1 aliphatic heterocycles. The normalized spacial score (nSPS) is 14.3. The molecule has 3 rings (SSSR count). The van der Waals surface area contributed by atoms with Crippen LogP contribution < -0.4 is 0 Å². The van der Waals surface area contributed by atoms with Gasteiger partial charge in [-0.15, -0.1) is 0 Å². The van der Waals surface area contributed by atoms with Gasteiger partial charge in [0.15, 0.2) is 0 Å². The van der Waals surface area contributed by atoms with Crippen LogP contribution in [-0.4, -0.2) is 11.2 Å². The first kappa shape index (κ1) is 7.68. The first-order valence-electron chi connectivity index (χ1n) is 4.84. The third-order valence-corrected chi connectivity index (χ3v) is 2.59. The van der Waals surface area contributed by atoms with E-state index in [-0.39, 0.29) is 0 Å². The van der Waals surface area contributed by atoms with Gasteiger partial charge in [-0.05, 0) is 24.5 Å². The van der Waals surface area contributed by atoms with Crippen LogP contribution in [0.4, 0.5) is 5.69 Å². The van der Waals surface area contributed by atoms with E-state index in [0.717, 1.165) is 24.0 Å². The molecule has 2 aromatic rings. The van der Waals surface area contributed by atoms with Crippen LogP contribution >= 0.6 is 0 Å².